The summed E-state index contributed by atoms with van der Waals surface area (Å²) in [5, 5.41) is 1.25. The van der Waals surface area contributed by atoms with Crippen molar-refractivity contribution in [2.45, 2.75) is 12.1 Å². The Balaban J connectivity index is 2.02. The van der Waals surface area contributed by atoms with E-state index in [0.29, 0.717) is 12.3 Å². The first kappa shape index (κ1) is 11.8. The molecule has 1 saturated heterocycles. The molecule has 0 saturated carbocycles. The van der Waals surface area contributed by atoms with Gasteiger partial charge in [0.05, 0.1) is 19.4 Å². The summed E-state index contributed by atoms with van der Waals surface area (Å²) >= 11 is 0. The van der Waals surface area contributed by atoms with Crippen LogP contribution >= 0.6 is 0 Å². The quantitative estimate of drug-likeness (QED) is 0.810. The molecular weight excluding hydrogens is 250 g/mol. The van der Waals surface area contributed by atoms with Gasteiger partial charge in [0.2, 0.25) is 5.91 Å². The topological polar surface area (TPSA) is 89.0 Å². The molecule has 0 radical (unpaired) electrons. The maximum atomic E-state index is 12.2. The first-order valence-electron chi connectivity index (χ1n) is 5.85. The van der Waals surface area contributed by atoms with Crippen LogP contribution in [0.15, 0.2) is 29.4 Å². The summed E-state index contributed by atoms with van der Waals surface area (Å²) in [7, 11) is 0. The number of nitrogens with zero attached hydrogens (tertiary/aromatic N) is 2. The number of amides is 3. The molecule has 7 nitrogen and oxygen atoms in total. The van der Waals surface area contributed by atoms with Crippen molar-refractivity contribution >= 4 is 11.9 Å². The first-order valence-corrected chi connectivity index (χ1v) is 5.85. The van der Waals surface area contributed by atoms with Crippen LogP contribution in [-0.2, 0) is 9.63 Å². The summed E-state index contributed by atoms with van der Waals surface area (Å²) in [4.78, 5) is 30.5. The maximum Gasteiger partial charge on any atom is 0.345 e. The van der Waals surface area contributed by atoms with Crippen molar-refractivity contribution in [2.75, 3.05) is 13.2 Å². The van der Waals surface area contributed by atoms with Crippen molar-refractivity contribution in [3.8, 4) is 0 Å². The Labute approximate surface area is 109 Å². The molecule has 100 valence electrons. The third kappa shape index (κ3) is 1.55. The molecule has 0 spiro atoms. The second-order valence-corrected chi connectivity index (χ2v) is 4.41. The number of primary amides is 1. The molecule has 2 bridgehead atoms. The van der Waals surface area contributed by atoms with Crippen LogP contribution in [0.2, 0.25) is 0 Å². The molecule has 1 aromatic heterocycles. The molecule has 2 aliphatic rings. The van der Waals surface area contributed by atoms with Crippen molar-refractivity contribution in [2.24, 2.45) is 5.73 Å². The first-order chi connectivity index (χ1) is 9.15. The lowest BCUT2D eigenvalue weighted by molar-refractivity contribution is -0.123. The van der Waals surface area contributed by atoms with E-state index in [-0.39, 0.29) is 18.7 Å². The molecule has 0 aromatic carbocycles. The molecular formula is C12H13N3O4. The van der Waals surface area contributed by atoms with E-state index in [1.54, 1.807) is 12.1 Å². The Hall–Kier alpha value is -2.28. The third-order valence-corrected chi connectivity index (χ3v) is 3.33. The van der Waals surface area contributed by atoms with E-state index in [1.165, 1.54) is 16.2 Å². The van der Waals surface area contributed by atoms with Gasteiger partial charge in [-0.3, -0.25) is 9.63 Å². The molecule has 0 unspecified atom stereocenters. The lowest BCUT2D eigenvalue weighted by Crippen LogP contribution is -2.41. The summed E-state index contributed by atoms with van der Waals surface area (Å²) < 4.78 is 5.31. The van der Waals surface area contributed by atoms with Crippen molar-refractivity contribution in [1.82, 2.24) is 9.96 Å². The minimum Gasteiger partial charge on any atom is -0.466 e. The number of carbonyl (C=O) groups excluding carboxylic acids is 2. The molecule has 19 heavy (non-hydrogen) atoms. The minimum atomic E-state index is -0.869. The van der Waals surface area contributed by atoms with E-state index in [1.807, 2.05) is 0 Å². The zero-order valence-corrected chi connectivity index (χ0v) is 10.1. The average Bonchev–Trinajstić information content (AvgIpc) is 2.94. The van der Waals surface area contributed by atoms with Crippen molar-refractivity contribution < 1.29 is 18.8 Å². The molecule has 3 rings (SSSR count). The number of hydrogen-bond acceptors (Lipinski definition) is 4. The molecule has 3 amide bonds. The predicted molar refractivity (Wildman–Crippen MR) is 63.5 cm³/mol. The summed E-state index contributed by atoms with van der Waals surface area (Å²) in [6.07, 6.45) is 3.03. The lowest BCUT2D eigenvalue weighted by atomic mass is 9.98. The highest BCUT2D eigenvalue weighted by molar-refractivity contribution is 5.89. The average molecular weight is 263 g/mol. The van der Waals surface area contributed by atoms with Gasteiger partial charge in [0.1, 0.15) is 11.8 Å². The zero-order valence-electron chi connectivity index (χ0n) is 10.1. The molecule has 3 heterocycles. The predicted octanol–water partition coefficient (Wildman–Crippen LogP) is 0.716. The summed E-state index contributed by atoms with van der Waals surface area (Å²) in [5.74, 6) is -0.199. The van der Waals surface area contributed by atoms with Crippen LogP contribution in [0.4, 0.5) is 4.79 Å². The Kier molecular flexibility index (Phi) is 2.56. The summed E-state index contributed by atoms with van der Waals surface area (Å²) in [5.41, 5.74) is 6.12. The van der Waals surface area contributed by atoms with Gasteiger partial charge in [0.15, 0.2) is 6.04 Å². The standard InChI is InChI=1S/C12H13N3O4/c1-2-4-19-15-8-6-14(12(15)17)9(11(13)16)10-7(8)3-5-18-10/h2-3,5,8-9H,1,4,6H2,(H2,13,16)/t8-,9+/m1/s1. The number of furan rings is 1. The van der Waals surface area contributed by atoms with E-state index in [0.717, 1.165) is 5.56 Å². The molecule has 2 N–H and O–H groups in total. The highest BCUT2D eigenvalue weighted by Gasteiger charge is 2.52. The van der Waals surface area contributed by atoms with Crippen molar-refractivity contribution in [3.05, 3.63) is 36.3 Å². The van der Waals surface area contributed by atoms with Crippen LogP contribution in [-0.4, -0.2) is 35.1 Å². The summed E-state index contributed by atoms with van der Waals surface area (Å²) in [6, 6.07) is 0.195. The Bertz CT molecular complexity index is 553. The van der Waals surface area contributed by atoms with Gasteiger partial charge in [-0.15, -0.1) is 6.58 Å². The zero-order chi connectivity index (χ0) is 13.6. The fraction of sp³-hybridized carbons (Fsp3) is 0.333. The highest BCUT2D eigenvalue weighted by atomic mass is 16.7. The van der Waals surface area contributed by atoms with Crippen LogP contribution in [0.5, 0.6) is 0 Å². The number of carbonyl (C=O) groups is 2. The van der Waals surface area contributed by atoms with Gasteiger partial charge in [-0.05, 0) is 6.07 Å². The minimum absolute atomic E-state index is 0.213. The second kappa shape index (κ2) is 4.13. The van der Waals surface area contributed by atoms with Crippen molar-refractivity contribution in [3.63, 3.8) is 0 Å². The number of fused-ring (bicyclic) bond motifs is 4. The summed E-state index contributed by atoms with van der Waals surface area (Å²) in [6.45, 7) is 4.11. The number of hydroxylamine groups is 2. The Morgan fingerprint density at radius 3 is 3.16 bits per heavy atom. The van der Waals surface area contributed by atoms with Gasteiger partial charge >= 0.3 is 6.03 Å². The van der Waals surface area contributed by atoms with Crippen LogP contribution in [0.3, 0.4) is 0 Å². The van der Waals surface area contributed by atoms with Gasteiger partial charge < -0.3 is 15.1 Å². The number of rotatable bonds is 4. The number of hydrogen-bond donors (Lipinski definition) is 1. The van der Waals surface area contributed by atoms with Crippen LogP contribution in [0.25, 0.3) is 0 Å². The lowest BCUT2D eigenvalue weighted by Gasteiger charge is -2.26. The van der Waals surface area contributed by atoms with Crippen LogP contribution in [0.1, 0.15) is 23.4 Å². The van der Waals surface area contributed by atoms with E-state index in [4.69, 9.17) is 15.0 Å². The molecule has 2 aliphatic heterocycles. The van der Waals surface area contributed by atoms with E-state index in [9.17, 15) is 9.59 Å². The molecule has 0 aliphatic carbocycles. The fourth-order valence-electron chi connectivity index (χ4n) is 2.57. The van der Waals surface area contributed by atoms with E-state index in [2.05, 4.69) is 6.58 Å². The second-order valence-electron chi connectivity index (χ2n) is 4.41. The molecule has 7 heteroatoms. The molecule has 1 fully saturated rings. The normalized spacial score (nSPS) is 24.5. The Morgan fingerprint density at radius 2 is 2.47 bits per heavy atom. The van der Waals surface area contributed by atoms with Gasteiger partial charge in [-0.2, -0.15) is 5.06 Å². The molecule has 2 atom stereocenters. The van der Waals surface area contributed by atoms with Gasteiger partial charge in [-0.1, -0.05) is 6.08 Å². The monoisotopic (exact) mass is 263 g/mol. The highest BCUT2D eigenvalue weighted by Crippen LogP contribution is 2.44. The van der Waals surface area contributed by atoms with Gasteiger partial charge in [-0.25, -0.2) is 4.79 Å². The molecule has 1 aromatic rings. The smallest absolute Gasteiger partial charge is 0.345 e. The maximum absolute atomic E-state index is 12.2. The van der Waals surface area contributed by atoms with Gasteiger partial charge in [0.25, 0.3) is 0 Å². The Morgan fingerprint density at radius 1 is 1.68 bits per heavy atom. The SMILES string of the molecule is C=CCON1C(=O)N2C[C@@H]1c1ccoc1[C@H]2C(N)=O. The fourth-order valence-corrected chi connectivity index (χ4v) is 2.57. The third-order valence-electron chi connectivity index (χ3n) is 3.33. The van der Waals surface area contributed by atoms with E-state index >= 15 is 0 Å². The van der Waals surface area contributed by atoms with Crippen LogP contribution in [0, 0.1) is 0 Å². The van der Waals surface area contributed by atoms with Crippen molar-refractivity contribution in [1.29, 1.82) is 0 Å². The number of nitrogens with two attached hydrogens (primary N) is 1. The van der Waals surface area contributed by atoms with Gasteiger partial charge in [0, 0.05) is 5.56 Å². The number of urea groups is 1. The largest absolute Gasteiger partial charge is 0.466 e. The van der Waals surface area contributed by atoms with E-state index < -0.39 is 11.9 Å². The van der Waals surface area contributed by atoms with Crippen LogP contribution < -0.4 is 5.73 Å².